The predicted molar refractivity (Wildman–Crippen MR) is 109 cm³/mol. The van der Waals surface area contributed by atoms with Crippen molar-refractivity contribution < 1.29 is 14.4 Å². The quantitative estimate of drug-likeness (QED) is 0.793. The first-order valence-corrected chi connectivity index (χ1v) is 11.0. The summed E-state index contributed by atoms with van der Waals surface area (Å²) < 4.78 is 0. The van der Waals surface area contributed by atoms with Crippen molar-refractivity contribution in [2.45, 2.75) is 44.2 Å². The summed E-state index contributed by atoms with van der Waals surface area (Å²) in [4.78, 5) is 43.4. The Morgan fingerprint density at radius 1 is 1.24 bits per heavy atom. The second kappa shape index (κ2) is 6.69. The van der Waals surface area contributed by atoms with Gasteiger partial charge in [-0.1, -0.05) is 31.2 Å². The van der Waals surface area contributed by atoms with Gasteiger partial charge in [0.1, 0.15) is 12.1 Å². The molecule has 1 aromatic carbocycles. The third kappa shape index (κ3) is 2.64. The number of amides is 4. The van der Waals surface area contributed by atoms with Crippen molar-refractivity contribution in [1.29, 1.82) is 0 Å². The second-order valence-electron chi connectivity index (χ2n) is 7.94. The van der Waals surface area contributed by atoms with E-state index in [1.165, 1.54) is 10.4 Å². The van der Waals surface area contributed by atoms with Crippen LogP contribution in [-0.4, -0.2) is 40.7 Å². The van der Waals surface area contributed by atoms with Gasteiger partial charge < -0.3 is 10.2 Å². The molecule has 5 rings (SSSR count). The molecule has 0 radical (unpaired) electrons. The van der Waals surface area contributed by atoms with E-state index in [1.807, 2.05) is 29.2 Å². The first-order chi connectivity index (χ1) is 14.0. The zero-order valence-corrected chi connectivity index (χ0v) is 17.1. The number of imide groups is 1. The fourth-order valence-corrected chi connectivity index (χ4v) is 6.02. The van der Waals surface area contributed by atoms with E-state index >= 15 is 0 Å². The molecule has 2 unspecified atom stereocenters. The number of fused-ring (bicyclic) bond motifs is 3. The molecule has 150 valence electrons. The summed E-state index contributed by atoms with van der Waals surface area (Å²) in [6.07, 6.45) is 2.93. The highest BCUT2D eigenvalue weighted by molar-refractivity contribution is 7.10. The molecule has 2 atom stereocenters. The number of urea groups is 1. The largest absolute Gasteiger partial charge is 0.334 e. The molecule has 0 saturated carbocycles. The van der Waals surface area contributed by atoms with Crippen LogP contribution in [-0.2, 0) is 28.0 Å². The molecule has 29 heavy (non-hydrogen) atoms. The van der Waals surface area contributed by atoms with Gasteiger partial charge in [0.25, 0.3) is 5.91 Å². The molecule has 1 N–H and O–H groups in total. The highest BCUT2D eigenvalue weighted by atomic mass is 32.1. The molecule has 1 aliphatic carbocycles. The summed E-state index contributed by atoms with van der Waals surface area (Å²) in [7, 11) is 0. The number of hydrogen-bond donors (Lipinski definition) is 1. The van der Waals surface area contributed by atoms with Crippen molar-refractivity contribution in [2.75, 3.05) is 13.1 Å². The molecule has 2 aromatic rings. The molecule has 3 heterocycles. The van der Waals surface area contributed by atoms with Crippen LogP contribution in [0, 0.1) is 0 Å². The Kier molecular flexibility index (Phi) is 4.24. The van der Waals surface area contributed by atoms with Gasteiger partial charge >= 0.3 is 6.03 Å². The maximum absolute atomic E-state index is 13.3. The van der Waals surface area contributed by atoms with E-state index in [-0.39, 0.29) is 24.4 Å². The summed E-state index contributed by atoms with van der Waals surface area (Å²) in [5.74, 6) is -0.470. The molecule has 1 aromatic heterocycles. The lowest BCUT2D eigenvalue weighted by Gasteiger charge is -2.36. The fraction of sp³-hybridized carbons (Fsp3) is 0.409. The van der Waals surface area contributed by atoms with Gasteiger partial charge in [0, 0.05) is 11.4 Å². The minimum Gasteiger partial charge on any atom is -0.334 e. The number of nitrogens with zero attached hydrogens (tertiary/aromatic N) is 2. The van der Waals surface area contributed by atoms with Crippen LogP contribution in [0.2, 0.25) is 0 Å². The second-order valence-corrected chi connectivity index (χ2v) is 8.94. The molecule has 7 heteroatoms. The number of carbonyl (C=O) groups excluding carboxylic acids is 3. The third-order valence-electron chi connectivity index (χ3n) is 6.52. The standard InChI is InChI=1S/C22H23N3O3S/c1-2-17-15-9-12-29-18(15)8-11-24(17)19(26)13-25-20(27)22(23-21(25)28)10-7-14-5-3-4-6-16(14)22/h3-6,9,12,17H,2,7-8,10-11,13H2,1H3,(H,23,28). The molecule has 4 amide bonds. The van der Waals surface area contributed by atoms with Crippen molar-refractivity contribution in [3.63, 3.8) is 0 Å². The molecule has 6 nitrogen and oxygen atoms in total. The van der Waals surface area contributed by atoms with Gasteiger partial charge in [0.2, 0.25) is 5.91 Å². The minimum absolute atomic E-state index is 0.0134. The van der Waals surface area contributed by atoms with Crippen LogP contribution in [0.1, 0.15) is 47.4 Å². The Labute approximate surface area is 173 Å². The number of thiophene rings is 1. The fourth-order valence-electron chi connectivity index (χ4n) is 5.09. The molecule has 1 saturated heterocycles. The molecular formula is C22H23N3O3S. The van der Waals surface area contributed by atoms with Gasteiger partial charge in [-0.15, -0.1) is 11.3 Å². The predicted octanol–water partition coefficient (Wildman–Crippen LogP) is 2.98. The highest BCUT2D eigenvalue weighted by Crippen LogP contribution is 2.41. The maximum Gasteiger partial charge on any atom is 0.325 e. The SMILES string of the molecule is CCC1c2ccsc2CCN1C(=O)CN1C(=O)NC2(CCc3ccccc32)C1=O. The zero-order chi connectivity index (χ0) is 20.2. The highest BCUT2D eigenvalue weighted by Gasteiger charge is 2.55. The van der Waals surface area contributed by atoms with E-state index in [0.717, 1.165) is 35.3 Å². The van der Waals surface area contributed by atoms with Gasteiger partial charge in [-0.3, -0.25) is 14.5 Å². The zero-order valence-electron chi connectivity index (χ0n) is 16.3. The van der Waals surface area contributed by atoms with Gasteiger partial charge in [-0.05, 0) is 53.8 Å². The van der Waals surface area contributed by atoms with Gasteiger partial charge in [0.05, 0.1) is 6.04 Å². The maximum atomic E-state index is 13.3. The van der Waals surface area contributed by atoms with E-state index in [9.17, 15) is 14.4 Å². The van der Waals surface area contributed by atoms with E-state index in [2.05, 4.69) is 23.7 Å². The first kappa shape index (κ1) is 18.4. The van der Waals surface area contributed by atoms with Crippen molar-refractivity contribution in [2.24, 2.45) is 0 Å². The summed E-state index contributed by atoms with van der Waals surface area (Å²) in [5, 5.41) is 4.97. The van der Waals surface area contributed by atoms with Gasteiger partial charge in [-0.2, -0.15) is 0 Å². The third-order valence-corrected chi connectivity index (χ3v) is 7.51. The van der Waals surface area contributed by atoms with E-state index in [0.29, 0.717) is 13.0 Å². The molecule has 3 aliphatic rings. The van der Waals surface area contributed by atoms with E-state index < -0.39 is 11.6 Å². The van der Waals surface area contributed by atoms with Crippen LogP contribution in [0.15, 0.2) is 35.7 Å². The summed E-state index contributed by atoms with van der Waals surface area (Å²) >= 11 is 1.73. The number of rotatable bonds is 3. The molecule has 0 bridgehead atoms. The number of benzene rings is 1. The number of hydrogen-bond acceptors (Lipinski definition) is 4. The lowest BCUT2D eigenvalue weighted by Crippen LogP contribution is -2.47. The minimum atomic E-state index is -1.01. The Morgan fingerprint density at radius 3 is 2.90 bits per heavy atom. The van der Waals surface area contributed by atoms with Crippen LogP contribution >= 0.6 is 11.3 Å². The normalized spacial score (nSPS) is 25.3. The molecule has 2 aliphatic heterocycles. The number of carbonyl (C=O) groups is 3. The average molecular weight is 410 g/mol. The Hall–Kier alpha value is -2.67. The van der Waals surface area contributed by atoms with Crippen molar-refractivity contribution in [3.05, 3.63) is 57.3 Å². The van der Waals surface area contributed by atoms with Crippen LogP contribution in [0.25, 0.3) is 0 Å². The monoisotopic (exact) mass is 409 g/mol. The average Bonchev–Trinajstić information content (AvgIpc) is 3.41. The smallest absolute Gasteiger partial charge is 0.325 e. The number of aryl methyl sites for hydroxylation is 1. The van der Waals surface area contributed by atoms with Crippen molar-refractivity contribution in [3.8, 4) is 0 Å². The van der Waals surface area contributed by atoms with Crippen LogP contribution in [0.5, 0.6) is 0 Å². The Bertz CT molecular complexity index is 1020. The Balaban J connectivity index is 1.38. The van der Waals surface area contributed by atoms with E-state index in [1.54, 1.807) is 11.3 Å². The number of nitrogens with one attached hydrogen (secondary N) is 1. The van der Waals surface area contributed by atoms with Crippen LogP contribution in [0.3, 0.4) is 0 Å². The summed E-state index contributed by atoms with van der Waals surface area (Å²) in [6, 6.07) is 9.36. The Morgan fingerprint density at radius 2 is 2.07 bits per heavy atom. The molecule has 1 fully saturated rings. The summed E-state index contributed by atoms with van der Waals surface area (Å²) in [5.41, 5.74) is 2.14. The van der Waals surface area contributed by atoms with Gasteiger partial charge in [-0.25, -0.2) is 4.79 Å². The lowest BCUT2D eigenvalue weighted by atomic mass is 9.92. The molecule has 1 spiro atoms. The van der Waals surface area contributed by atoms with Crippen molar-refractivity contribution in [1.82, 2.24) is 15.1 Å². The topological polar surface area (TPSA) is 69.7 Å². The van der Waals surface area contributed by atoms with Crippen molar-refractivity contribution >= 4 is 29.2 Å². The van der Waals surface area contributed by atoms with Gasteiger partial charge in [0.15, 0.2) is 0 Å². The van der Waals surface area contributed by atoms with Crippen LogP contribution < -0.4 is 5.32 Å². The van der Waals surface area contributed by atoms with Crippen LogP contribution in [0.4, 0.5) is 4.79 Å². The molecular weight excluding hydrogens is 386 g/mol. The lowest BCUT2D eigenvalue weighted by molar-refractivity contribution is -0.141. The first-order valence-electron chi connectivity index (χ1n) is 10.1. The summed E-state index contributed by atoms with van der Waals surface area (Å²) in [6.45, 7) is 2.49. The van der Waals surface area contributed by atoms with E-state index in [4.69, 9.17) is 0 Å².